The first-order valence-corrected chi connectivity index (χ1v) is 6.41. The van der Waals surface area contributed by atoms with Crippen molar-refractivity contribution in [1.82, 2.24) is 0 Å². The standard InChI is InChI=1S/C17H15FO3/c1-11-3-6-14(10-15(11)18)21-16-7-4-13(9-12(16)2)5-8-17(19)20/h3-10H,1-2H3,(H,19,20)/b8-5+. The van der Waals surface area contributed by atoms with Gasteiger partial charge in [0, 0.05) is 12.1 Å². The van der Waals surface area contributed by atoms with Gasteiger partial charge in [-0.15, -0.1) is 0 Å². The molecule has 4 heteroatoms. The van der Waals surface area contributed by atoms with Crippen LogP contribution in [0.3, 0.4) is 0 Å². The van der Waals surface area contributed by atoms with Crippen LogP contribution in [0.4, 0.5) is 4.39 Å². The lowest BCUT2D eigenvalue weighted by atomic mass is 10.1. The van der Waals surface area contributed by atoms with Crippen molar-refractivity contribution in [3.05, 3.63) is 65.0 Å². The number of ether oxygens (including phenoxy) is 1. The van der Waals surface area contributed by atoms with Crippen LogP contribution < -0.4 is 4.74 Å². The lowest BCUT2D eigenvalue weighted by Crippen LogP contribution is -1.91. The monoisotopic (exact) mass is 286 g/mol. The molecule has 0 aliphatic heterocycles. The Morgan fingerprint density at radius 3 is 2.52 bits per heavy atom. The van der Waals surface area contributed by atoms with E-state index in [1.807, 2.05) is 6.92 Å². The molecule has 0 aromatic heterocycles. The van der Waals surface area contributed by atoms with Crippen molar-refractivity contribution in [3.8, 4) is 11.5 Å². The first-order valence-electron chi connectivity index (χ1n) is 6.41. The van der Waals surface area contributed by atoms with E-state index in [2.05, 4.69) is 0 Å². The van der Waals surface area contributed by atoms with Crippen LogP contribution in [0.2, 0.25) is 0 Å². The molecule has 0 spiro atoms. The van der Waals surface area contributed by atoms with Crippen LogP contribution in [-0.4, -0.2) is 11.1 Å². The Balaban J connectivity index is 2.21. The molecule has 0 unspecified atom stereocenters. The minimum absolute atomic E-state index is 0.314. The molecule has 2 aromatic carbocycles. The topological polar surface area (TPSA) is 46.5 Å². The van der Waals surface area contributed by atoms with Gasteiger partial charge in [-0.3, -0.25) is 0 Å². The van der Waals surface area contributed by atoms with Gasteiger partial charge in [0.2, 0.25) is 0 Å². The third-order valence-corrected chi connectivity index (χ3v) is 2.99. The molecular formula is C17H15FO3. The normalized spacial score (nSPS) is 10.8. The lowest BCUT2D eigenvalue weighted by molar-refractivity contribution is -0.131. The Kier molecular flexibility index (Phi) is 4.38. The molecule has 0 saturated heterocycles. The van der Waals surface area contributed by atoms with Crippen LogP contribution >= 0.6 is 0 Å². The molecule has 108 valence electrons. The SMILES string of the molecule is Cc1ccc(Oc2ccc(/C=C/C(=O)O)cc2C)cc1F. The highest BCUT2D eigenvalue weighted by Gasteiger charge is 2.05. The van der Waals surface area contributed by atoms with E-state index in [0.717, 1.165) is 17.2 Å². The van der Waals surface area contributed by atoms with Gasteiger partial charge >= 0.3 is 5.97 Å². The molecule has 0 fully saturated rings. The third-order valence-electron chi connectivity index (χ3n) is 2.99. The Bertz CT molecular complexity index is 705. The summed E-state index contributed by atoms with van der Waals surface area (Å²) in [6.07, 6.45) is 2.58. The van der Waals surface area contributed by atoms with E-state index in [1.165, 1.54) is 12.1 Å². The highest BCUT2D eigenvalue weighted by atomic mass is 19.1. The Labute approximate surface area is 122 Å². The maximum atomic E-state index is 13.5. The summed E-state index contributed by atoms with van der Waals surface area (Å²) in [6.45, 7) is 3.53. The van der Waals surface area contributed by atoms with Crippen LogP contribution in [-0.2, 0) is 4.79 Å². The van der Waals surface area contributed by atoms with Crippen LogP contribution in [0.5, 0.6) is 11.5 Å². The van der Waals surface area contributed by atoms with Gasteiger partial charge in [-0.05, 0) is 54.8 Å². The van der Waals surface area contributed by atoms with Gasteiger partial charge in [0.15, 0.2) is 0 Å². The minimum atomic E-state index is -0.997. The zero-order chi connectivity index (χ0) is 15.4. The van der Waals surface area contributed by atoms with Crippen molar-refractivity contribution < 1.29 is 19.0 Å². The first-order chi connectivity index (χ1) is 9.95. The predicted molar refractivity (Wildman–Crippen MR) is 79.1 cm³/mol. The van der Waals surface area contributed by atoms with E-state index in [4.69, 9.17) is 9.84 Å². The van der Waals surface area contributed by atoms with Gasteiger partial charge in [-0.1, -0.05) is 12.1 Å². The molecule has 0 saturated carbocycles. The maximum absolute atomic E-state index is 13.5. The van der Waals surface area contributed by atoms with Crippen LogP contribution in [0.1, 0.15) is 16.7 Å². The summed E-state index contributed by atoms with van der Waals surface area (Å²) in [5, 5.41) is 8.59. The molecule has 3 nitrogen and oxygen atoms in total. The molecule has 2 aromatic rings. The number of carbonyl (C=O) groups is 1. The number of benzene rings is 2. The average molecular weight is 286 g/mol. The molecule has 21 heavy (non-hydrogen) atoms. The molecule has 0 atom stereocenters. The van der Waals surface area contributed by atoms with Crippen LogP contribution in [0.15, 0.2) is 42.5 Å². The van der Waals surface area contributed by atoms with Gasteiger partial charge in [-0.25, -0.2) is 9.18 Å². The number of carboxylic acid groups (broad SMARTS) is 1. The molecule has 2 rings (SSSR count). The molecule has 0 bridgehead atoms. The van der Waals surface area contributed by atoms with Gasteiger partial charge in [0.05, 0.1) is 0 Å². The van der Waals surface area contributed by atoms with Crippen LogP contribution in [0, 0.1) is 19.7 Å². The zero-order valence-electron chi connectivity index (χ0n) is 11.8. The van der Waals surface area contributed by atoms with Gasteiger partial charge < -0.3 is 9.84 Å². The number of carboxylic acids is 1. The Morgan fingerprint density at radius 1 is 1.14 bits per heavy atom. The van der Waals surface area contributed by atoms with Crippen LogP contribution in [0.25, 0.3) is 6.08 Å². The van der Waals surface area contributed by atoms with E-state index in [-0.39, 0.29) is 5.82 Å². The van der Waals surface area contributed by atoms with Gasteiger partial charge in [0.1, 0.15) is 17.3 Å². The smallest absolute Gasteiger partial charge is 0.328 e. The molecule has 0 heterocycles. The van der Waals surface area contributed by atoms with E-state index in [1.54, 1.807) is 37.3 Å². The maximum Gasteiger partial charge on any atom is 0.328 e. The van der Waals surface area contributed by atoms with Crippen molar-refractivity contribution >= 4 is 12.0 Å². The second kappa shape index (κ2) is 6.22. The zero-order valence-corrected chi connectivity index (χ0v) is 11.8. The lowest BCUT2D eigenvalue weighted by Gasteiger charge is -2.10. The summed E-state index contributed by atoms with van der Waals surface area (Å²) in [6, 6.07) is 9.98. The number of rotatable bonds is 4. The summed E-state index contributed by atoms with van der Waals surface area (Å²) in [5.74, 6) is -0.282. The van der Waals surface area contributed by atoms with E-state index in [9.17, 15) is 9.18 Å². The largest absolute Gasteiger partial charge is 0.478 e. The number of halogens is 1. The van der Waals surface area contributed by atoms with E-state index >= 15 is 0 Å². The van der Waals surface area contributed by atoms with Crippen molar-refractivity contribution in [1.29, 1.82) is 0 Å². The number of aryl methyl sites for hydroxylation is 2. The third kappa shape index (κ3) is 3.92. The quantitative estimate of drug-likeness (QED) is 0.851. The minimum Gasteiger partial charge on any atom is -0.478 e. The highest BCUT2D eigenvalue weighted by Crippen LogP contribution is 2.27. The predicted octanol–water partition coefficient (Wildman–Crippen LogP) is 4.33. The van der Waals surface area contributed by atoms with Gasteiger partial charge in [0.25, 0.3) is 0 Å². The second-order valence-corrected chi connectivity index (χ2v) is 4.71. The number of hydrogen-bond donors (Lipinski definition) is 1. The van der Waals surface area contributed by atoms with Crippen molar-refractivity contribution in [2.45, 2.75) is 13.8 Å². The summed E-state index contributed by atoms with van der Waals surface area (Å²) in [5.41, 5.74) is 2.16. The molecule has 0 amide bonds. The second-order valence-electron chi connectivity index (χ2n) is 4.71. The number of hydrogen-bond acceptors (Lipinski definition) is 2. The van der Waals surface area contributed by atoms with Gasteiger partial charge in [-0.2, -0.15) is 0 Å². The number of aliphatic carboxylic acids is 1. The van der Waals surface area contributed by atoms with Crippen molar-refractivity contribution in [2.24, 2.45) is 0 Å². The van der Waals surface area contributed by atoms with Crippen molar-refractivity contribution in [3.63, 3.8) is 0 Å². The molecule has 0 aliphatic carbocycles. The fourth-order valence-corrected chi connectivity index (χ4v) is 1.82. The summed E-state index contributed by atoms with van der Waals surface area (Å²) >= 11 is 0. The summed E-state index contributed by atoms with van der Waals surface area (Å²) in [4.78, 5) is 10.5. The fraction of sp³-hybridized carbons (Fsp3) is 0.118. The average Bonchev–Trinajstić information content (AvgIpc) is 2.43. The van der Waals surface area contributed by atoms with Crippen molar-refractivity contribution in [2.75, 3.05) is 0 Å². The molecule has 1 N–H and O–H groups in total. The molecule has 0 radical (unpaired) electrons. The molecule has 0 aliphatic rings. The Morgan fingerprint density at radius 2 is 1.90 bits per heavy atom. The van der Waals surface area contributed by atoms with E-state index < -0.39 is 5.97 Å². The molecular weight excluding hydrogens is 271 g/mol. The fourth-order valence-electron chi connectivity index (χ4n) is 1.82. The summed E-state index contributed by atoms with van der Waals surface area (Å²) in [7, 11) is 0. The van der Waals surface area contributed by atoms with E-state index in [0.29, 0.717) is 17.1 Å². The highest BCUT2D eigenvalue weighted by molar-refractivity contribution is 5.85. The summed E-state index contributed by atoms with van der Waals surface area (Å²) < 4.78 is 19.1. The first kappa shape index (κ1) is 14.8. The Hall–Kier alpha value is -2.62.